The van der Waals surface area contributed by atoms with Gasteiger partial charge in [0.2, 0.25) is 0 Å². The van der Waals surface area contributed by atoms with Gasteiger partial charge in [-0.3, -0.25) is 0 Å². The van der Waals surface area contributed by atoms with Gasteiger partial charge in [-0.05, 0) is 79.9 Å². The van der Waals surface area contributed by atoms with E-state index in [1.165, 1.54) is 11.1 Å². The van der Waals surface area contributed by atoms with E-state index in [0.717, 1.165) is 17.9 Å². The van der Waals surface area contributed by atoms with Gasteiger partial charge in [-0.2, -0.15) is 0 Å². The zero-order valence-corrected chi connectivity index (χ0v) is 20.0. The van der Waals surface area contributed by atoms with Crippen LogP contribution in [0.3, 0.4) is 0 Å². The third-order valence-electron chi connectivity index (χ3n) is 5.30. The van der Waals surface area contributed by atoms with Crippen LogP contribution in [-0.4, -0.2) is 13.2 Å². The lowest BCUT2D eigenvalue weighted by atomic mass is 10.0. The van der Waals surface area contributed by atoms with E-state index in [-0.39, 0.29) is 0 Å². The summed E-state index contributed by atoms with van der Waals surface area (Å²) < 4.78 is 23.0. The molecule has 0 heterocycles. The molecule has 0 aromatic heterocycles. The molecule has 0 atom stereocenters. The molecule has 0 radical (unpaired) electrons. The molecule has 6 nitrogen and oxygen atoms in total. The normalized spacial score (nSPS) is 10.6. The van der Waals surface area contributed by atoms with Crippen LogP contribution in [0.25, 0.3) is 0 Å². The summed E-state index contributed by atoms with van der Waals surface area (Å²) in [5.41, 5.74) is 15.4. The zero-order chi connectivity index (χ0) is 24.6. The highest BCUT2D eigenvalue weighted by Crippen LogP contribution is 2.32. The van der Waals surface area contributed by atoms with Gasteiger partial charge in [-0.25, -0.2) is 0 Å². The Labute approximate surface area is 206 Å². The molecule has 4 rings (SSSR count). The number of ether oxygens (including phenoxy) is 4. The van der Waals surface area contributed by atoms with Crippen LogP contribution in [0.5, 0.6) is 34.5 Å². The highest BCUT2D eigenvalue weighted by molar-refractivity contribution is 5.57. The number of anilines is 2. The van der Waals surface area contributed by atoms with Crippen LogP contribution in [0.2, 0.25) is 0 Å². The van der Waals surface area contributed by atoms with Gasteiger partial charge < -0.3 is 30.4 Å². The van der Waals surface area contributed by atoms with Crippen molar-refractivity contribution in [2.75, 3.05) is 24.7 Å². The van der Waals surface area contributed by atoms with Crippen LogP contribution >= 0.6 is 0 Å². The fourth-order valence-corrected chi connectivity index (χ4v) is 3.58. The number of hydrogen-bond donors (Lipinski definition) is 2. The van der Waals surface area contributed by atoms with Crippen molar-refractivity contribution < 1.29 is 18.9 Å². The smallest absolute Gasteiger partial charge is 0.145 e. The first-order chi connectivity index (χ1) is 17.0. The van der Waals surface area contributed by atoms with Gasteiger partial charge in [0, 0.05) is 12.1 Å². The maximum Gasteiger partial charge on any atom is 0.145 e. The van der Waals surface area contributed by atoms with Crippen LogP contribution in [0.15, 0.2) is 84.9 Å². The Bertz CT molecular complexity index is 1160. The van der Waals surface area contributed by atoms with Crippen molar-refractivity contribution in [2.45, 2.75) is 20.3 Å². The fourth-order valence-electron chi connectivity index (χ4n) is 3.58. The Kier molecular flexibility index (Phi) is 7.63. The molecule has 0 amide bonds. The molecule has 0 aliphatic carbocycles. The molecule has 0 bridgehead atoms. The summed E-state index contributed by atoms with van der Waals surface area (Å²) in [4.78, 5) is 0. The molecule has 0 saturated carbocycles. The van der Waals surface area contributed by atoms with Crippen LogP contribution in [0.4, 0.5) is 11.4 Å². The summed E-state index contributed by atoms with van der Waals surface area (Å²) in [5.74, 6) is 4.11. The van der Waals surface area contributed by atoms with E-state index in [1.807, 2.05) is 50.2 Å². The van der Waals surface area contributed by atoms with Crippen LogP contribution < -0.4 is 30.4 Å². The van der Waals surface area contributed by atoms with E-state index < -0.39 is 0 Å². The number of nitrogens with two attached hydrogens (primary N) is 2. The number of hydrogen-bond acceptors (Lipinski definition) is 6. The Morgan fingerprint density at radius 1 is 0.514 bits per heavy atom. The van der Waals surface area contributed by atoms with Gasteiger partial charge in [0.25, 0.3) is 0 Å². The molecular formula is C29H30N2O4. The van der Waals surface area contributed by atoms with Gasteiger partial charge in [-0.1, -0.05) is 24.3 Å². The van der Waals surface area contributed by atoms with Crippen molar-refractivity contribution in [2.24, 2.45) is 0 Å². The Morgan fingerprint density at radius 3 is 1.26 bits per heavy atom. The third-order valence-corrected chi connectivity index (χ3v) is 5.30. The largest absolute Gasteiger partial charge is 0.492 e. The van der Waals surface area contributed by atoms with Crippen molar-refractivity contribution >= 4 is 11.4 Å². The molecule has 35 heavy (non-hydrogen) atoms. The van der Waals surface area contributed by atoms with Crippen LogP contribution in [0.1, 0.15) is 25.0 Å². The first-order valence-corrected chi connectivity index (χ1v) is 11.6. The number of nitrogen functional groups attached to an aromatic ring is 2. The third kappa shape index (κ3) is 6.38. The minimum Gasteiger partial charge on any atom is -0.492 e. The topological polar surface area (TPSA) is 89.0 Å². The second kappa shape index (κ2) is 11.2. The molecule has 4 aromatic carbocycles. The predicted octanol–water partition coefficient (Wildman–Crippen LogP) is 6.82. The quantitative estimate of drug-likeness (QED) is 0.247. The van der Waals surface area contributed by atoms with Gasteiger partial charge in [-0.15, -0.1) is 0 Å². The Hall–Kier alpha value is -4.32. The molecule has 4 aromatic rings. The van der Waals surface area contributed by atoms with Gasteiger partial charge in [0.15, 0.2) is 0 Å². The Morgan fingerprint density at radius 2 is 0.886 bits per heavy atom. The highest BCUT2D eigenvalue weighted by atomic mass is 16.5. The molecule has 0 aliphatic heterocycles. The molecule has 4 N–H and O–H groups in total. The molecule has 0 unspecified atom stereocenters. The minimum atomic E-state index is 0.547. The molecule has 0 spiro atoms. The first kappa shape index (κ1) is 23.8. The van der Waals surface area contributed by atoms with Crippen molar-refractivity contribution in [1.82, 2.24) is 0 Å². The number of rotatable bonds is 10. The van der Waals surface area contributed by atoms with Crippen molar-refractivity contribution in [3.05, 3.63) is 96.1 Å². The van der Waals surface area contributed by atoms with E-state index in [9.17, 15) is 0 Å². The van der Waals surface area contributed by atoms with E-state index in [2.05, 4.69) is 24.3 Å². The molecular weight excluding hydrogens is 440 g/mol. The second-order valence-electron chi connectivity index (χ2n) is 7.93. The van der Waals surface area contributed by atoms with Gasteiger partial charge in [0.05, 0.1) is 24.6 Å². The molecule has 0 aliphatic rings. The fraction of sp³-hybridized carbons (Fsp3) is 0.172. The summed E-state index contributed by atoms with van der Waals surface area (Å²) in [5, 5.41) is 0. The SMILES string of the molecule is CCOc1cc(Oc2ccc(Cc3ccc(Oc4ccc(N)c(OCC)c4)cc3)cc2)ccc1N. The maximum absolute atomic E-state index is 5.96. The maximum atomic E-state index is 5.96. The summed E-state index contributed by atoms with van der Waals surface area (Å²) in [6, 6.07) is 26.9. The van der Waals surface area contributed by atoms with Crippen molar-refractivity contribution in [3.63, 3.8) is 0 Å². The van der Waals surface area contributed by atoms with Crippen LogP contribution in [0, 0.1) is 0 Å². The van der Waals surface area contributed by atoms with E-state index in [0.29, 0.717) is 47.6 Å². The molecule has 0 fully saturated rings. The van der Waals surface area contributed by atoms with Gasteiger partial charge >= 0.3 is 0 Å². The minimum absolute atomic E-state index is 0.547. The lowest BCUT2D eigenvalue weighted by Crippen LogP contribution is -1.97. The predicted molar refractivity (Wildman–Crippen MR) is 140 cm³/mol. The van der Waals surface area contributed by atoms with Crippen molar-refractivity contribution in [1.29, 1.82) is 0 Å². The second-order valence-corrected chi connectivity index (χ2v) is 7.93. The van der Waals surface area contributed by atoms with E-state index in [4.69, 9.17) is 30.4 Å². The molecule has 180 valence electrons. The molecule has 6 heteroatoms. The summed E-state index contributed by atoms with van der Waals surface area (Å²) in [6.07, 6.45) is 0.799. The highest BCUT2D eigenvalue weighted by Gasteiger charge is 2.06. The Balaban J connectivity index is 1.36. The summed E-state index contributed by atoms with van der Waals surface area (Å²) in [7, 11) is 0. The first-order valence-electron chi connectivity index (χ1n) is 11.6. The van der Waals surface area contributed by atoms with Gasteiger partial charge in [0.1, 0.15) is 34.5 Å². The summed E-state index contributed by atoms with van der Waals surface area (Å²) >= 11 is 0. The summed E-state index contributed by atoms with van der Waals surface area (Å²) in [6.45, 7) is 4.94. The van der Waals surface area contributed by atoms with Crippen LogP contribution in [-0.2, 0) is 6.42 Å². The average molecular weight is 471 g/mol. The zero-order valence-electron chi connectivity index (χ0n) is 20.0. The number of benzene rings is 4. The van der Waals surface area contributed by atoms with E-state index >= 15 is 0 Å². The molecule has 0 saturated heterocycles. The van der Waals surface area contributed by atoms with E-state index in [1.54, 1.807) is 24.3 Å². The van der Waals surface area contributed by atoms with Crippen molar-refractivity contribution in [3.8, 4) is 34.5 Å². The standard InChI is InChI=1S/C29H30N2O4/c1-3-32-28-18-24(13-15-26(28)30)34-22-9-5-20(6-10-22)17-21-7-11-23(12-8-21)35-25-14-16-27(31)29(19-25)33-4-2/h5-16,18-19H,3-4,17,30-31H2,1-2H3. The lowest BCUT2D eigenvalue weighted by molar-refractivity contribution is 0.340. The monoisotopic (exact) mass is 470 g/mol. The average Bonchev–Trinajstić information content (AvgIpc) is 2.86. The lowest BCUT2D eigenvalue weighted by Gasteiger charge is -2.11.